The molecule has 1 heterocycles. The molecule has 1 aromatic carbocycles. The Kier molecular flexibility index (Phi) is 3.78. The molecule has 2 rings (SSSR count). The van der Waals surface area contributed by atoms with E-state index in [9.17, 15) is 5.26 Å². The fourth-order valence-corrected chi connectivity index (χ4v) is 2.32. The van der Waals surface area contributed by atoms with Gasteiger partial charge in [-0.15, -0.1) is 0 Å². The van der Waals surface area contributed by atoms with Crippen LogP contribution in [0.25, 0.3) is 0 Å². The minimum Gasteiger partial charge on any atom is -0.376 e. The van der Waals surface area contributed by atoms with Crippen molar-refractivity contribution in [2.75, 3.05) is 19.7 Å². The van der Waals surface area contributed by atoms with Gasteiger partial charge in [0, 0.05) is 13.1 Å². The third-order valence-corrected chi connectivity index (χ3v) is 3.24. The molecule has 1 aliphatic heterocycles. The summed E-state index contributed by atoms with van der Waals surface area (Å²) in [6.45, 7) is 6.48. The Bertz CT molecular complexity index is 424. The summed E-state index contributed by atoms with van der Waals surface area (Å²) in [6, 6.07) is 10.4. The fourth-order valence-electron chi connectivity index (χ4n) is 2.32. The smallest absolute Gasteiger partial charge is 0.124 e. The van der Waals surface area contributed by atoms with Crippen LogP contribution in [0.15, 0.2) is 24.3 Å². The van der Waals surface area contributed by atoms with Gasteiger partial charge in [-0.1, -0.05) is 24.3 Å². The van der Waals surface area contributed by atoms with E-state index in [1.165, 1.54) is 5.56 Å². The molecule has 0 saturated carbocycles. The minimum atomic E-state index is -0.150. The van der Waals surface area contributed by atoms with Gasteiger partial charge in [-0.3, -0.25) is 4.90 Å². The van der Waals surface area contributed by atoms with E-state index < -0.39 is 0 Å². The van der Waals surface area contributed by atoms with Gasteiger partial charge in [0.15, 0.2) is 0 Å². The molecule has 3 nitrogen and oxygen atoms in total. The van der Waals surface area contributed by atoms with Crippen molar-refractivity contribution in [2.45, 2.75) is 26.0 Å². The Morgan fingerprint density at radius 1 is 1.47 bits per heavy atom. The van der Waals surface area contributed by atoms with Crippen LogP contribution in [0, 0.1) is 18.3 Å². The monoisotopic (exact) mass is 230 g/mol. The van der Waals surface area contributed by atoms with Gasteiger partial charge in [-0.05, 0) is 25.0 Å². The molecule has 1 fully saturated rings. The molecule has 1 saturated heterocycles. The maximum atomic E-state index is 9.41. The predicted molar refractivity (Wildman–Crippen MR) is 66.5 cm³/mol. The average Bonchev–Trinajstić information content (AvgIpc) is 2.33. The molecule has 2 unspecified atom stereocenters. The van der Waals surface area contributed by atoms with Crippen LogP contribution >= 0.6 is 0 Å². The first-order valence-corrected chi connectivity index (χ1v) is 6.03. The number of ether oxygens (including phenoxy) is 1. The zero-order valence-electron chi connectivity index (χ0n) is 10.4. The van der Waals surface area contributed by atoms with Crippen molar-refractivity contribution in [2.24, 2.45) is 0 Å². The molecule has 0 N–H and O–H groups in total. The summed E-state index contributed by atoms with van der Waals surface area (Å²) in [5, 5.41) is 9.41. The Labute approximate surface area is 103 Å². The van der Waals surface area contributed by atoms with E-state index in [1.807, 2.05) is 18.2 Å². The summed E-state index contributed by atoms with van der Waals surface area (Å²) in [4.78, 5) is 2.20. The van der Waals surface area contributed by atoms with Crippen LogP contribution in [0.2, 0.25) is 0 Å². The minimum absolute atomic E-state index is 0.150. The number of nitrogens with zero attached hydrogens (tertiary/aromatic N) is 2. The first-order chi connectivity index (χ1) is 8.22. The Morgan fingerprint density at radius 3 is 2.88 bits per heavy atom. The zero-order chi connectivity index (χ0) is 12.3. The summed E-state index contributed by atoms with van der Waals surface area (Å²) in [5.41, 5.74) is 2.29. The molecular formula is C14H18N2O. The highest BCUT2D eigenvalue weighted by Crippen LogP contribution is 2.24. The lowest BCUT2D eigenvalue weighted by Gasteiger charge is -2.34. The second-order valence-corrected chi connectivity index (χ2v) is 4.56. The normalized spacial score (nSPS) is 23.0. The number of morpholine rings is 1. The Hall–Kier alpha value is -1.37. The van der Waals surface area contributed by atoms with Crippen molar-refractivity contribution in [1.82, 2.24) is 4.90 Å². The maximum Gasteiger partial charge on any atom is 0.124 e. The highest BCUT2D eigenvalue weighted by molar-refractivity contribution is 5.32. The summed E-state index contributed by atoms with van der Waals surface area (Å²) in [6.07, 6.45) is 0.212. The molecule has 1 aromatic rings. The molecule has 0 amide bonds. The van der Waals surface area contributed by atoms with Gasteiger partial charge >= 0.3 is 0 Å². The van der Waals surface area contributed by atoms with Crippen molar-refractivity contribution in [3.8, 4) is 6.07 Å². The zero-order valence-corrected chi connectivity index (χ0v) is 10.4. The van der Waals surface area contributed by atoms with E-state index in [4.69, 9.17) is 4.74 Å². The first kappa shape index (κ1) is 12.1. The molecule has 0 spiro atoms. The van der Waals surface area contributed by atoms with Gasteiger partial charge in [0.1, 0.15) is 6.04 Å². The van der Waals surface area contributed by atoms with E-state index in [0.717, 1.165) is 18.7 Å². The van der Waals surface area contributed by atoms with Crippen molar-refractivity contribution < 1.29 is 4.74 Å². The van der Waals surface area contributed by atoms with Crippen molar-refractivity contribution in [3.05, 3.63) is 35.4 Å². The molecule has 0 aliphatic carbocycles. The number of hydrogen-bond acceptors (Lipinski definition) is 3. The van der Waals surface area contributed by atoms with Crippen LogP contribution in [0.1, 0.15) is 24.1 Å². The van der Waals surface area contributed by atoms with Crippen LogP contribution in [0.4, 0.5) is 0 Å². The van der Waals surface area contributed by atoms with Gasteiger partial charge in [-0.25, -0.2) is 0 Å². The van der Waals surface area contributed by atoms with Crippen molar-refractivity contribution in [3.63, 3.8) is 0 Å². The van der Waals surface area contributed by atoms with Crippen LogP contribution in [0.3, 0.4) is 0 Å². The molecule has 1 aliphatic rings. The van der Waals surface area contributed by atoms with Crippen LogP contribution < -0.4 is 0 Å². The summed E-state index contributed by atoms with van der Waals surface area (Å²) in [5.74, 6) is 0. The summed E-state index contributed by atoms with van der Waals surface area (Å²) < 4.78 is 5.52. The molecule has 0 bridgehead atoms. The number of aryl methyl sites for hydroxylation is 1. The third kappa shape index (κ3) is 2.66. The summed E-state index contributed by atoms with van der Waals surface area (Å²) >= 11 is 0. The SMILES string of the molecule is Cc1ccccc1C(C#N)N1CCOC(C)C1. The quantitative estimate of drug-likeness (QED) is 0.782. The Balaban J connectivity index is 2.22. The van der Waals surface area contributed by atoms with Crippen molar-refractivity contribution in [1.29, 1.82) is 5.26 Å². The van der Waals surface area contributed by atoms with Crippen molar-refractivity contribution >= 4 is 0 Å². The Morgan fingerprint density at radius 2 is 2.24 bits per heavy atom. The lowest BCUT2D eigenvalue weighted by Crippen LogP contribution is -2.42. The van der Waals surface area contributed by atoms with E-state index >= 15 is 0 Å². The highest BCUT2D eigenvalue weighted by Gasteiger charge is 2.26. The topological polar surface area (TPSA) is 36.3 Å². The number of nitriles is 1. The molecule has 17 heavy (non-hydrogen) atoms. The van der Waals surface area contributed by atoms with Crippen LogP contribution in [0.5, 0.6) is 0 Å². The standard InChI is InChI=1S/C14H18N2O/c1-11-5-3-4-6-13(11)14(9-15)16-7-8-17-12(2)10-16/h3-6,12,14H,7-8,10H2,1-2H3. The fraction of sp³-hybridized carbons (Fsp3) is 0.500. The lowest BCUT2D eigenvalue weighted by atomic mass is 10.0. The average molecular weight is 230 g/mol. The van der Waals surface area contributed by atoms with E-state index in [0.29, 0.717) is 6.61 Å². The second-order valence-electron chi connectivity index (χ2n) is 4.56. The van der Waals surface area contributed by atoms with Gasteiger partial charge in [0.25, 0.3) is 0 Å². The number of rotatable bonds is 2. The van der Waals surface area contributed by atoms with E-state index in [2.05, 4.69) is 30.9 Å². The number of benzene rings is 1. The van der Waals surface area contributed by atoms with Gasteiger partial charge in [0.05, 0.1) is 18.8 Å². The molecule has 3 heteroatoms. The molecule has 90 valence electrons. The highest BCUT2D eigenvalue weighted by atomic mass is 16.5. The van der Waals surface area contributed by atoms with Gasteiger partial charge < -0.3 is 4.74 Å². The van der Waals surface area contributed by atoms with E-state index in [1.54, 1.807) is 0 Å². The number of hydrogen-bond donors (Lipinski definition) is 0. The molecular weight excluding hydrogens is 212 g/mol. The first-order valence-electron chi connectivity index (χ1n) is 6.03. The largest absolute Gasteiger partial charge is 0.376 e. The molecule has 2 atom stereocenters. The van der Waals surface area contributed by atoms with Crippen LogP contribution in [-0.2, 0) is 4.74 Å². The lowest BCUT2D eigenvalue weighted by molar-refractivity contribution is -0.0269. The van der Waals surface area contributed by atoms with Gasteiger partial charge in [-0.2, -0.15) is 5.26 Å². The second kappa shape index (κ2) is 5.31. The maximum absolute atomic E-state index is 9.41. The predicted octanol–water partition coefficient (Wildman–Crippen LogP) is 2.28. The molecule has 0 radical (unpaired) electrons. The third-order valence-electron chi connectivity index (χ3n) is 3.24. The van der Waals surface area contributed by atoms with Crippen LogP contribution in [-0.4, -0.2) is 30.7 Å². The summed E-state index contributed by atoms with van der Waals surface area (Å²) in [7, 11) is 0. The van der Waals surface area contributed by atoms with E-state index in [-0.39, 0.29) is 12.1 Å². The molecule has 0 aromatic heterocycles. The van der Waals surface area contributed by atoms with Gasteiger partial charge in [0.2, 0.25) is 0 Å².